The molecule has 0 nitrogen and oxygen atoms in total. The molecule has 0 bridgehead atoms. The maximum atomic E-state index is 2.30. The summed E-state index contributed by atoms with van der Waals surface area (Å²) in [7, 11) is 0. The van der Waals surface area contributed by atoms with Gasteiger partial charge in [0, 0.05) is 0 Å². The van der Waals surface area contributed by atoms with Crippen LogP contribution in [0.25, 0.3) is 0 Å². The van der Waals surface area contributed by atoms with Gasteiger partial charge in [-0.2, -0.15) is 0 Å². The van der Waals surface area contributed by atoms with Gasteiger partial charge in [-0.05, 0) is 18.3 Å². The number of hydrogen-bond acceptors (Lipinski definition) is 0. The summed E-state index contributed by atoms with van der Waals surface area (Å²) in [6, 6.07) is 0. The van der Waals surface area contributed by atoms with Crippen molar-refractivity contribution in [1.29, 1.82) is 0 Å². The zero-order valence-electron chi connectivity index (χ0n) is 7.33. The van der Waals surface area contributed by atoms with Crippen molar-refractivity contribution in [3.05, 3.63) is 0 Å². The highest BCUT2D eigenvalue weighted by molar-refractivity contribution is 4.89. The minimum Gasteiger partial charge on any atom is -0.0683 e. The summed E-state index contributed by atoms with van der Waals surface area (Å²) in [6.07, 6.45) is 5.81. The van der Waals surface area contributed by atoms with Crippen LogP contribution in [0.3, 0.4) is 0 Å². The Morgan fingerprint density at radius 2 is 1.33 bits per heavy atom. The van der Waals surface area contributed by atoms with E-state index in [4.69, 9.17) is 0 Å². The first-order chi connectivity index (χ1) is 4.33. The smallest absolute Gasteiger partial charge is 0.0302 e. The second-order valence-corrected chi connectivity index (χ2v) is 2.71. The minimum atomic E-state index is 0.833. The molecule has 9 heavy (non-hydrogen) atoms. The van der Waals surface area contributed by atoms with Crippen LogP contribution in [0.15, 0.2) is 0 Å². The summed E-state index contributed by atoms with van der Waals surface area (Å²) < 4.78 is 0. The maximum absolute atomic E-state index is 2.30. The van der Waals surface area contributed by atoms with Crippen molar-refractivity contribution in [2.24, 2.45) is 5.41 Å². The SMILES string of the molecule is CC.CCC1(CC)CC1. The Balaban J connectivity index is 0.000000291. The molecule has 0 aliphatic heterocycles. The molecule has 1 aliphatic carbocycles. The van der Waals surface area contributed by atoms with Gasteiger partial charge in [-0.1, -0.05) is 40.5 Å². The van der Waals surface area contributed by atoms with Gasteiger partial charge in [-0.25, -0.2) is 0 Å². The van der Waals surface area contributed by atoms with Crippen LogP contribution in [-0.4, -0.2) is 0 Å². The van der Waals surface area contributed by atoms with E-state index in [1.807, 2.05) is 13.8 Å². The number of rotatable bonds is 2. The Labute approximate surface area is 59.7 Å². The van der Waals surface area contributed by atoms with Crippen LogP contribution in [-0.2, 0) is 0 Å². The highest BCUT2D eigenvalue weighted by Gasteiger charge is 2.37. The molecule has 0 atom stereocenters. The van der Waals surface area contributed by atoms with Gasteiger partial charge >= 0.3 is 0 Å². The lowest BCUT2D eigenvalue weighted by molar-refractivity contribution is 0.474. The quantitative estimate of drug-likeness (QED) is 0.533. The molecule has 1 fully saturated rings. The molecule has 0 aromatic carbocycles. The minimum absolute atomic E-state index is 0.833. The van der Waals surface area contributed by atoms with E-state index < -0.39 is 0 Å². The molecule has 0 unspecified atom stereocenters. The Hall–Kier alpha value is 0. The summed E-state index contributed by atoms with van der Waals surface area (Å²) >= 11 is 0. The average Bonchev–Trinajstić information content (AvgIpc) is 2.72. The highest BCUT2D eigenvalue weighted by atomic mass is 14.4. The van der Waals surface area contributed by atoms with Crippen molar-refractivity contribution >= 4 is 0 Å². The number of hydrogen-bond donors (Lipinski definition) is 0. The van der Waals surface area contributed by atoms with Crippen LogP contribution >= 0.6 is 0 Å². The lowest BCUT2D eigenvalue weighted by Gasteiger charge is -2.04. The van der Waals surface area contributed by atoms with Crippen LogP contribution < -0.4 is 0 Å². The van der Waals surface area contributed by atoms with Gasteiger partial charge in [0.05, 0.1) is 0 Å². The molecule has 0 spiro atoms. The maximum Gasteiger partial charge on any atom is -0.0302 e. The van der Waals surface area contributed by atoms with E-state index in [9.17, 15) is 0 Å². The molecule has 0 N–H and O–H groups in total. The third kappa shape index (κ3) is 2.38. The summed E-state index contributed by atoms with van der Waals surface area (Å²) in [5.41, 5.74) is 0.833. The normalized spacial score (nSPS) is 20.0. The third-order valence-corrected chi connectivity index (χ3v) is 2.46. The van der Waals surface area contributed by atoms with Gasteiger partial charge in [0.25, 0.3) is 0 Å². The van der Waals surface area contributed by atoms with Crippen LogP contribution in [0, 0.1) is 5.41 Å². The molecular weight excluding hydrogens is 108 g/mol. The monoisotopic (exact) mass is 128 g/mol. The summed E-state index contributed by atoms with van der Waals surface area (Å²) in [5.74, 6) is 0. The fraction of sp³-hybridized carbons (Fsp3) is 1.00. The summed E-state index contributed by atoms with van der Waals surface area (Å²) in [6.45, 7) is 8.60. The van der Waals surface area contributed by atoms with Crippen LogP contribution in [0.2, 0.25) is 0 Å². The van der Waals surface area contributed by atoms with E-state index in [1.54, 1.807) is 0 Å². The lowest BCUT2D eigenvalue weighted by Crippen LogP contribution is -1.92. The predicted octanol–water partition coefficient (Wildman–Crippen LogP) is 3.61. The molecule has 0 radical (unpaired) electrons. The molecule has 1 aliphatic rings. The van der Waals surface area contributed by atoms with E-state index in [1.165, 1.54) is 25.7 Å². The first-order valence-electron chi connectivity index (χ1n) is 4.33. The lowest BCUT2D eigenvalue weighted by atomic mass is 10.0. The Bertz CT molecular complexity index is 54.4. The second-order valence-electron chi connectivity index (χ2n) is 2.71. The van der Waals surface area contributed by atoms with Crippen molar-refractivity contribution in [3.63, 3.8) is 0 Å². The predicted molar refractivity (Wildman–Crippen MR) is 43.6 cm³/mol. The summed E-state index contributed by atoms with van der Waals surface area (Å²) in [5, 5.41) is 0. The Morgan fingerprint density at radius 3 is 1.33 bits per heavy atom. The molecule has 0 heteroatoms. The largest absolute Gasteiger partial charge is 0.0683 e. The van der Waals surface area contributed by atoms with E-state index >= 15 is 0 Å². The van der Waals surface area contributed by atoms with Crippen molar-refractivity contribution in [2.45, 2.75) is 53.4 Å². The van der Waals surface area contributed by atoms with E-state index in [2.05, 4.69) is 13.8 Å². The Kier molecular flexibility index (Phi) is 3.92. The topological polar surface area (TPSA) is 0 Å². The van der Waals surface area contributed by atoms with Gasteiger partial charge in [0.15, 0.2) is 0 Å². The van der Waals surface area contributed by atoms with E-state index in [0.717, 1.165) is 5.41 Å². The van der Waals surface area contributed by atoms with E-state index in [0.29, 0.717) is 0 Å². The van der Waals surface area contributed by atoms with Crippen molar-refractivity contribution in [1.82, 2.24) is 0 Å². The second kappa shape index (κ2) is 3.92. The molecule has 0 amide bonds. The molecule has 0 saturated heterocycles. The van der Waals surface area contributed by atoms with Crippen LogP contribution in [0.1, 0.15) is 53.4 Å². The van der Waals surface area contributed by atoms with Gasteiger partial charge in [0.1, 0.15) is 0 Å². The zero-order chi connectivity index (χ0) is 7.33. The molecular formula is C9H20. The summed E-state index contributed by atoms with van der Waals surface area (Å²) in [4.78, 5) is 0. The van der Waals surface area contributed by atoms with Crippen LogP contribution in [0.4, 0.5) is 0 Å². The van der Waals surface area contributed by atoms with Gasteiger partial charge < -0.3 is 0 Å². The molecule has 0 heterocycles. The standard InChI is InChI=1S/C7H14.C2H6/c1-3-7(4-2)5-6-7;1-2/h3-6H2,1-2H3;1-2H3. The van der Waals surface area contributed by atoms with Gasteiger partial charge in [0.2, 0.25) is 0 Å². The molecule has 0 aromatic rings. The fourth-order valence-corrected chi connectivity index (χ4v) is 1.13. The molecule has 56 valence electrons. The zero-order valence-corrected chi connectivity index (χ0v) is 7.33. The molecule has 0 aromatic heterocycles. The first-order valence-corrected chi connectivity index (χ1v) is 4.33. The van der Waals surface area contributed by atoms with E-state index in [-0.39, 0.29) is 0 Å². The van der Waals surface area contributed by atoms with Gasteiger partial charge in [-0.15, -0.1) is 0 Å². The Morgan fingerprint density at radius 1 is 1.00 bits per heavy atom. The third-order valence-electron chi connectivity index (χ3n) is 2.46. The first kappa shape index (κ1) is 9.00. The van der Waals surface area contributed by atoms with Crippen LogP contribution in [0.5, 0.6) is 0 Å². The molecule has 1 saturated carbocycles. The van der Waals surface area contributed by atoms with Crippen molar-refractivity contribution < 1.29 is 0 Å². The van der Waals surface area contributed by atoms with Crippen molar-refractivity contribution in [3.8, 4) is 0 Å². The van der Waals surface area contributed by atoms with Crippen molar-refractivity contribution in [2.75, 3.05) is 0 Å². The van der Waals surface area contributed by atoms with Gasteiger partial charge in [-0.3, -0.25) is 0 Å². The fourth-order valence-electron chi connectivity index (χ4n) is 1.13. The highest BCUT2D eigenvalue weighted by Crippen LogP contribution is 2.51. The average molecular weight is 128 g/mol. The molecule has 1 rings (SSSR count).